The van der Waals surface area contributed by atoms with Gasteiger partial charge in [0.2, 0.25) is 0 Å². The highest BCUT2D eigenvalue weighted by Crippen LogP contribution is 2.25. The topological polar surface area (TPSA) is 25.8 Å². The van der Waals surface area contributed by atoms with Gasteiger partial charge in [-0.25, -0.2) is 0 Å². The fourth-order valence-corrected chi connectivity index (χ4v) is 2.78. The van der Waals surface area contributed by atoms with Crippen LogP contribution in [0.2, 0.25) is 0 Å². The molecule has 4 rings (SSSR count). The van der Waals surface area contributed by atoms with E-state index in [0.29, 0.717) is 0 Å². The van der Waals surface area contributed by atoms with Crippen LogP contribution in [0.1, 0.15) is 11.1 Å². The SMILES string of the molecule is c1ccc(Cc2ccnc3c2ccc2cccnc23)cc1. The summed E-state index contributed by atoms with van der Waals surface area (Å²) in [4.78, 5) is 9.04. The second kappa shape index (κ2) is 4.98. The minimum atomic E-state index is 0.915. The average molecular weight is 270 g/mol. The molecule has 100 valence electrons. The zero-order valence-corrected chi connectivity index (χ0v) is 11.5. The molecule has 2 heteroatoms. The summed E-state index contributed by atoms with van der Waals surface area (Å²) in [5.41, 5.74) is 4.57. The molecular formula is C19H14N2. The summed E-state index contributed by atoms with van der Waals surface area (Å²) in [5, 5.41) is 2.32. The van der Waals surface area contributed by atoms with E-state index in [0.717, 1.165) is 22.8 Å². The minimum absolute atomic E-state index is 0.915. The maximum absolute atomic E-state index is 4.55. The lowest BCUT2D eigenvalue weighted by atomic mass is 10.00. The van der Waals surface area contributed by atoms with E-state index in [4.69, 9.17) is 0 Å². The van der Waals surface area contributed by atoms with E-state index in [1.165, 1.54) is 16.5 Å². The van der Waals surface area contributed by atoms with Crippen LogP contribution < -0.4 is 0 Å². The van der Waals surface area contributed by atoms with Gasteiger partial charge in [-0.1, -0.05) is 48.5 Å². The predicted octanol–water partition coefficient (Wildman–Crippen LogP) is 4.37. The summed E-state index contributed by atoms with van der Waals surface area (Å²) in [6.45, 7) is 0. The summed E-state index contributed by atoms with van der Waals surface area (Å²) in [5.74, 6) is 0. The van der Waals surface area contributed by atoms with Crippen molar-refractivity contribution in [2.75, 3.05) is 0 Å². The highest BCUT2D eigenvalue weighted by Gasteiger charge is 2.07. The molecule has 2 aromatic carbocycles. The monoisotopic (exact) mass is 270 g/mol. The highest BCUT2D eigenvalue weighted by molar-refractivity contribution is 6.03. The molecule has 0 saturated carbocycles. The Morgan fingerprint density at radius 2 is 1.52 bits per heavy atom. The normalized spacial score (nSPS) is 11.0. The third-order valence-electron chi connectivity index (χ3n) is 3.81. The van der Waals surface area contributed by atoms with Crippen LogP contribution in [0.3, 0.4) is 0 Å². The summed E-state index contributed by atoms with van der Waals surface area (Å²) in [6, 6.07) is 20.9. The molecule has 0 fully saturated rings. The smallest absolute Gasteiger partial charge is 0.0967 e. The van der Waals surface area contributed by atoms with Gasteiger partial charge >= 0.3 is 0 Å². The predicted molar refractivity (Wildman–Crippen MR) is 86.3 cm³/mol. The quantitative estimate of drug-likeness (QED) is 0.505. The Bertz CT molecular complexity index is 914. The lowest BCUT2D eigenvalue weighted by molar-refractivity contribution is 1.20. The van der Waals surface area contributed by atoms with Crippen molar-refractivity contribution in [2.24, 2.45) is 0 Å². The fraction of sp³-hybridized carbons (Fsp3) is 0.0526. The molecule has 0 aliphatic carbocycles. The van der Waals surface area contributed by atoms with Crippen molar-refractivity contribution < 1.29 is 0 Å². The van der Waals surface area contributed by atoms with Crippen molar-refractivity contribution in [3.63, 3.8) is 0 Å². The van der Waals surface area contributed by atoms with Gasteiger partial charge in [0.15, 0.2) is 0 Å². The number of benzene rings is 2. The van der Waals surface area contributed by atoms with Gasteiger partial charge in [-0.3, -0.25) is 9.97 Å². The van der Waals surface area contributed by atoms with E-state index in [2.05, 4.69) is 58.5 Å². The van der Waals surface area contributed by atoms with Gasteiger partial charge < -0.3 is 0 Å². The first-order chi connectivity index (χ1) is 10.4. The first-order valence-electron chi connectivity index (χ1n) is 7.07. The molecule has 0 radical (unpaired) electrons. The number of aromatic nitrogens is 2. The molecule has 0 unspecified atom stereocenters. The van der Waals surface area contributed by atoms with Crippen LogP contribution in [0, 0.1) is 0 Å². The maximum atomic E-state index is 4.55. The molecule has 0 aliphatic rings. The van der Waals surface area contributed by atoms with E-state index >= 15 is 0 Å². The first-order valence-corrected chi connectivity index (χ1v) is 7.07. The van der Waals surface area contributed by atoms with E-state index in [1.807, 2.05) is 24.5 Å². The van der Waals surface area contributed by atoms with Crippen LogP contribution in [0.15, 0.2) is 73.1 Å². The third-order valence-corrected chi connectivity index (χ3v) is 3.81. The summed E-state index contributed by atoms with van der Waals surface area (Å²) >= 11 is 0. The number of fused-ring (bicyclic) bond motifs is 3. The van der Waals surface area contributed by atoms with E-state index in [-0.39, 0.29) is 0 Å². The second-order valence-electron chi connectivity index (χ2n) is 5.17. The fourth-order valence-electron chi connectivity index (χ4n) is 2.78. The zero-order valence-electron chi connectivity index (χ0n) is 11.5. The number of rotatable bonds is 2. The van der Waals surface area contributed by atoms with Crippen LogP contribution in [0.25, 0.3) is 21.8 Å². The Balaban J connectivity index is 1.92. The van der Waals surface area contributed by atoms with Gasteiger partial charge in [0.25, 0.3) is 0 Å². The molecule has 0 bridgehead atoms. The van der Waals surface area contributed by atoms with E-state index < -0.39 is 0 Å². The van der Waals surface area contributed by atoms with Crippen molar-refractivity contribution in [3.8, 4) is 0 Å². The van der Waals surface area contributed by atoms with Gasteiger partial charge in [0.05, 0.1) is 11.0 Å². The molecule has 2 heterocycles. The molecular weight excluding hydrogens is 256 g/mol. The molecule has 0 amide bonds. The maximum Gasteiger partial charge on any atom is 0.0967 e. The Morgan fingerprint density at radius 1 is 0.667 bits per heavy atom. The van der Waals surface area contributed by atoms with Crippen LogP contribution in [0.5, 0.6) is 0 Å². The molecule has 0 saturated heterocycles. The van der Waals surface area contributed by atoms with E-state index in [9.17, 15) is 0 Å². The molecule has 0 aliphatic heterocycles. The summed E-state index contributed by atoms with van der Waals surface area (Å²) < 4.78 is 0. The molecule has 0 atom stereocenters. The molecule has 21 heavy (non-hydrogen) atoms. The molecule has 0 N–H and O–H groups in total. The third kappa shape index (κ3) is 2.15. The second-order valence-corrected chi connectivity index (χ2v) is 5.17. The van der Waals surface area contributed by atoms with Gasteiger partial charge in [-0.05, 0) is 29.7 Å². The van der Waals surface area contributed by atoms with Crippen LogP contribution in [-0.4, -0.2) is 9.97 Å². The first kappa shape index (κ1) is 12.0. The number of hydrogen-bond donors (Lipinski definition) is 0. The summed E-state index contributed by atoms with van der Waals surface area (Å²) in [7, 11) is 0. The summed E-state index contributed by atoms with van der Waals surface area (Å²) in [6.07, 6.45) is 4.63. The zero-order chi connectivity index (χ0) is 14.1. The van der Waals surface area contributed by atoms with Crippen molar-refractivity contribution in [1.29, 1.82) is 0 Å². The lowest BCUT2D eigenvalue weighted by Gasteiger charge is -2.08. The molecule has 0 spiro atoms. The Labute approximate surface area is 123 Å². The highest BCUT2D eigenvalue weighted by atomic mass is 14.7. The molecule has 2 nitrogen and oxygen atoms in total. The Morgan fingerprint density at radius 3 is 2.43 bits per heavy atom. The van der Waals surface area contributed by atoms with Crippen LogP contribution >= 0.6 is 0 Å². The van der Waals surface area contributed by atoms with Crippen molar-refractivity contribution in [2.45, 2.75) is 6.42 Å². The van der Waals surface area contributed by atoms with Crippen molar-refractivity contribution in [1.82, 2.24) is 9.97 Å². The minimum Gasteiger partial charge on any atom is -0.254 e. The number of hydrogen-bond acceptors (Lipinski definition) is 2. The Kier molecular flexibility index (Phi) is 2.86. The van der Waals surface area contributed by atoms with Crippen LogP contribution in [0.4, 0.5) is 0 Å². The lowest BCUT2D eigenvalue weighted by Crippen LogP contribution is -1.92. The Hall–Kier alpha value is -2.74. The van der Waals surface area contributed by atoms with Crippen molar-refractivity contribution in [3.05, 3.63) is 84.2 Å². The van der Waals surface area contributed by atoms with Crippen LogP contribution in [-0.2, 0) is 6.42 Å². The molecule has 4 aromatic rings. The van der Waals surface area contributed by atoms with Gasteiger partial charge in [-0.2, -0.15) is 0 Å². The van der Waals surface area contributed by atoms with Gasteiger partial charge in [0.1, 0.15) is 0 Å². The van der Waals surface area contributed by atoms with Crippen molar-refractivity contribution >= 4 is 21.8 Å². The van der Waals surface area contributed by atoms with Gasteiger partial charge in [0, 0.05) is 23.2 Å². The number of pyridine rings is 2. The standard InChI is InChI=1S/C19H14N2/c1-2-5-14(6-3-1)13-16-10-12-21-19-17(16)9-8-15-7-4-11-20-18(15)19/h1-12H,13H2. The van der Waals surface area contributed by atoms with E-state index in [1.54, 1.807) is 0 Å². The van der Waals surface area contributed by atoms with Gasteiger partial charge in [-0.15, -0.1) is 0 Å². The molecule has 2 aromatic heterocycles. The average Bonchev–Trinajstić information content (AvgIpc) is 2.56. The number of nitrogens with zero attached hydrogens (tertiary/aromatic N) is 2. The largest absolute Gasteiger partial charge is 0.254 e.